The van der Waals surface area contributed by atoms with E-state index in [1.165, 1.54) is 5.56 Å². The molecule has 1 amide bonds. The molecule has 0 unspecified atom stereocenters. The van der Waals surface area contributed by atoms with Gasteiger partial charge < -0.3 is 4.90 Å². The molecule has 1 aromatic carbocycles. The van der Waals surface area contributed by atoms with Crippen LogP contribution in [0.2, 0.25) is 0 Å². The van der Waals surface area contributed by atoms with Gasteiger partial charge in [-0.2, -0.15) is 0 Å². The topological polar surface area (TPSA) is 20.3 Å². The van der Waals surface area contributed by atoms with Crippen molar-refractivity contribution >= 4 is 12.0 Å². The molecule has 0 atom stereocenters. The summed E-state index contributed by atoms with van der Waals surface area (Å²) in [5, 5.41) is 0. The van der Waals surface area contributed by atoms with Crippen LogP contribution in [0.5, 0.6) is 0 Å². The van der Waals surface area contributed by atoms with E-state index in [-0.39, 0.29) is 5.91 Å². The van der Waals surface area contributed by atoms with E-state index in [1.54, 1.807) is 6.08 Å². The van der Waals surface area contributed by atoms with Gasteiger partial charge in [0.25, 0.3) is 0 Å². The van der Waals surface area contributed by atoms with Gasteiger partial charge in [0.15, 0.2) is 0 Å². The molecular weight excluding hydrogens is 270 g/mol. The number of rotatable bonds is 9. The Morgan fingerprint density at radius 1 is 1.00 bits per heavy atom. The molecule has 0 bridgehead atoms. The number of hydrogen-bond acceptors (Lipinski definition) is 1. The summed E-state index contributed by atoms with van der Waals surface area (Å²) in [6, 6.07) is 8.34. The van der Waals surface area contributed by atoms with Crippen LogP contribution in [0.1, 0.15) is 50.7 Å². The third-order valence-electron chi connectivity index (χ3n) is 3.59. The summed E-state index contributed by atoms with van der Waals surface area (Å²) in [6.07, 6.45) is 11.8. The summed E-state index contributed by atoms with van der Waals surface area (Å²) in [5.74, 6) is 0.121. The lowest BCUT2D eigenvalue weighted by atomic mass is 10.1. The van der Waals surface area contributed by atoms with E-state index >= 15 is 0 Å². The Morgan fingerprint density at radius 2 is 1.59 bits per heavy atom. The van der Waals surface area contributed by atoms with E-state index in [4.69, 9.17) is 0 Å². The predicted octanol–water partition coefficient (Wildman–Crippen LogP) is 4.99. The quantitative estimate of drug-likeness (QED) is 0.464. The fourth-order valence-corrected chi connectivity index (χ4v) is 2.12. The van der Waals surface area contributed by atoms with Crippen molar-refractivity contribution < 1.29 is 4.79 Å². The molecule has 0 fully saturated rings. The van der Waals surface area contributed by atoms with E-state index in [0.29, 0.717) is 0 Å². The van der Waals surface area contributed by atoms with Crippen molar-refractivity contribution in [2.75, 3.05) is 13.1 Å². The van der Waals surface area contributed by atoms with Crippen LogP contribution in [0, 0.1) is 6.92 Å². The molecule has 0 radical (unpaired) electrons. The van der Waals surface area contributed by atoms with Crippen LogP contribution in [-0.2, 0) is 4.79 Å². The van der Waals surface area contributed by atoms with Gasteiger partial charge in [-0.1, -0.05) is 74.7 Å². The second-order valence-electron chi connectivity index (χ2n) is 5.66. The molecular formula is C20H29NO. The zero-order valence-electron chi connectivity index (χ0n) is 14.2. The highest BCUT2D eigenvalue weighted by Gasteiger charge is 2.08. The molecule has 2 heteroatoms. The van der Waals surface area contributed by atoms with Crippen molar-refractivity contribution in [3.8, 4) is 0 Å². The van der Waals surface area contributed by atoms with Crippen molar-refractivity contribution in [1.82, 2.24) is 4.90 Å². The smallest absolute Gasteiger partial charge is 0.246 e. The summed E-state index contributed by atoms with van der Waals surface area (Å²) in [4.78, 5) is 14.2. The first-order chi connectivity index (χ1) is 10.7. The molecule has 1 rings (SSSR count). The maximum Gasteiger partial charge on any atom is 0.246 e. The minimum atomic E-state index is 0.121. The fourth-order valence-electron chi connectivity index (χ4n) is 2.12. The monoisotopic (exact) mass is 299 g/mol. The Kier molecular flexibility index (Phi) is 8.97. The number of benzene rings is 1. The minimum Gasteiger partial charge on any atom is -0.339 e. The number of allylic oxidation sites excluding steroid dienone is 2. The number of nitrogens with zero attached hydrogens (tertiary/aromatic N) is 1. The molecule has 120 valence electrons. The lowest BCUT2D eigenvalue weighted by Crippen LogP contribution is -2.31. The van der Waals surface area contributed by atoms with Crippen LogP contribution in [-0.4, -0.2) is 23.9 Å². The lowest BCUT2D eigenvalue weighted by Gasteiger charge is -2.20. The van der Waals surface area contributed by atoms with Gasteiger partial charge in [0.2, 0.25) is 5.91 Å². The van der Waals surface area contributed by atoms with Gasteiger partial charge in [-0.05, 0) is 25.3 Å². The average Bonchev–Trinajstić information content (AvgIpc) is 2.53. The first-order valence-corrected chi connectivity index (χ1v) is 8.37. The zero-order valence-corrected chi connectivity index (χ0v) is 14.2. The Morgan fingerprint density at radius 3 is 2.14 bits per heavy atom. The first-order valence-electron chi connectivity index (χ1n) is 8.37. The third kappa shape index (κ3) is 7.26. The highest BCUT2D eigenvalue weighted by molar-refractivity contribution is 5.88. The van der Waals surface area contributed by atoms with Crippen molar-refractivity contribution in [3.63, 3.8) is 0 Å². The highest BCUT2D eigenvalue weighted by Crippen LogP contribution is 2.05. The summed E-state index contributed by atoms with van der Waals surface area (Å²) >= 11 is 0. The molecule has 2 nitrogen and oxygen atoms in total. The molecule has 22 heavy (non-hydrogen) atoms. The molecule has 0 spiro atoms. The largest absolute Gasteiger partial charge is 0.339 e. The van der Waals surface area contributed by atoms with E-state index in [0.717, 1.165) is 44.3 Å². The molecule has 0 saturated carbocycles. The van der Waals surface area contributed by atoms with Crippen LogP contribution < -0.4 is 0 Å². The molecule has 1 aromatic rings. The van der Waals surface area contributed by atoms with E-state index in [9.17, 15) is 4.79 Å². The van der Waals surface area contributed by atoms with Gasteiger partial charge in [0.1, 0.15) is 0 Å². The van der Waals surface area contributed by atoms with Crippen molar-refractivity contribution in [3.05, 3.63) is 53.6 Å². The third-order valence-corrected chi connectivity index (χ3v) is 3.59. The molecule has 0 aliphatic carbocycles. The van der Waals surface area contributed by atoms with Gasteiger partial charge in [-0.15, -0.1) is 0 Å². The highest BCUT2D eigenvalue weighted by atomic mass is 16.2. The maximum atomic E-state index is 12.2. The normalized spacial score (nSPS) is 11.4. The molecule has 0 heterocycles. The van der Waals surface area contributed by atoms with E-state index in [2.05, 4.69) is 45.0 Å². The Hall–Kier alpha value is -1.83. The number of amides is 1. The number of aryl methyl sites for hydroxylation is 1. The summed E-state index contributed by atoms with van der Waals surface area (Å²) in [5.41, 5.74) is 2.40. The van der Waals surface area contributed by atoms with Crippen molar-refractivity contribution in [1.29, 1.82) is 0 Å². The Bertz CT molecular complexity index is 477. The lowest BCUT2D eigenvalue weighted by molar-refractivity contribution is -0.126. The van der Waals surface area contributed by atoms with Crippen LogP contribution in [0.25, 0.3) is 6.08 Å². The molecule has 0 N–H and O–H groups in total. The van der Waals surface area contributed by atoms with Crippen molar-refractivity contribution in [2.45, 2.75) is 46.5 Å². The summed E-state index contributed by atoms with van der Waals surface area (Å²) in [7, 11) is 0. The molecule has 0 aromatic heterocycles. The maximum absolute atomic E-state index is 12.2. The molecule has 0 saturated heterocycles. The van der Waals surface area contributed by atoms with Crippen LogP contribution in [0.4, 0.5) is 0 Å². The second-order valence-corrected chi connectivity index (χ2v) is 5.66. The number of unbranched alkanes of at least 4 members (excludes halogenated alkanes) is 2. The van der Waals surface area contributed by atoms with Crippen LogP contribution >= 0.6 is 0 Å². The Labute approximate surface area is 135 Å². The number of carbonyl (C=O) groups excluding carboxylic acids is 1. The van der Waals surface area contributed by atoms with Gasteiger partial charge in [0, 0.05) is 19.2 Å². The van der Waals surface area contributed by atoms with Gasteiger partial charge in [-0.25, -0.2) is 0 Å². The minimum absolute atomic E-state index is 0.121. The van der Waals surface area contributed by atoms with Crippen LogP contribution in [0.3, 0.4) is 0 Å². The van der Waals surface area contributed by atoms with E-state index < -0.39 is 0 Å². The van der Waals surface area contributed by atoms with Crippen LogP contribution in [0.15, 0.2) is 42.5 Å². The summed E-state index contributed by atoms with van der Waals surface area (Å²) in [6.45, 7) is 8.11. The first kappa shape index (κ1) is 18.2. The number of hydrogen-bond donors (Lipinski definition) is 0. The van der Waals surface area contributed by atoms with Gasteiger partial charge in [-0.3, -0.25) is 4.79 Å². The SMILES string of the molecule is CCCCN(CCCC)C(=O)/C=C/C=C/c1ccc(C)cc1. The standard InChI is InChI=1S/C20H29NO/c1-4-6-16-21(17-7-5-2)20(22)11-9-8-10-19-14-12-18(3)13-15-19/h8-15H,4-7,16-17H2,1-3H3/b10-8+,11-9+. The average molecular weight is 299 g/mol. The number of carbonyl (C=O) groups is 1. The van der Waals surface area contributed by atoms with Gasteiger partial charge in [0.05, 0.1) is 0 Å². The fraction of sp³-hybridized carbons (Fsp3) is 0.450. The van der Waals surface area contributed by atoms with E-state index in [1.807, 2.05) is 23.1 Å². The predicted molar refractivity (Wildman–Crippen MR) is 95.7 cm³/mol. The molecule has 0 aliphatic heterocycles. The zero-order chi connectivity index (χ0) is 16.2. The summed E-state index contributed by atoms with van der Waals surface area (Å²) < 4.78 is 0. The second kappa shape index (κ2) is 10.8. The van der Waals surface area contributed by atoms with Crippen molar-refractivity contribution in [2.24, 2.45) is 0 Å². The Balaban J connectivity index is 2.53. The molecule has 0 aliphatic rings. The van der Waals surface area contributed by atoms with Gasteiger partial charge >= 0.3 is 0 Å².